The van der Waals surface area contributed by atoms with Crippen LogP contribution in [0.15, 0.2) is 67.1 Å². The largest absolute Gasteiger partial charge is 0.497 e. The van der Waals surface area contributed by atoms with Crippen LogP contribution in [0.2, 0.25) is 0 Å². The zero-order valence-electron chi connectivity index (χ0n) is 32.4. The molecule has 57 heavy (non-hydrogen) atoms. The molecule has 0 spiro atoms. The number of nitrogens with zero attached hydrogens (tertiary/aromatic N) is 6. The number of carbonyl (C=O) groups is 2. The number of hydrogen-bond acceptors (Lipinski definition) is 9. The van der Waals surface area contributed by atoms with Crippen molar-refractivity contribution in [3.63, 3.8) is 0 Å². The Kier molecular flexibility index (Phi) is 11.5. The van der Waals surface area contributed by atoms with Crippen LogP contribution in [0.5, 0.6) is 11.5 Å². The molecular formula is C42H46F3N7O5. The molecule has 0 bridgehead atoms. The maximum Gasteiger partial charge on any atom is 0.410 e. The molecule has 7 rings (SSSR count). The standard InChI is InChI=1S/C42H46F3N7O5/c1-42(2,3)57-41(54)51-17-15-50(16-18-51)36-23-46-35(22-47-36)28-9-10-29-24-52(49-34(29)19-28)30-11-5-26(6-12-30)21-48-40(53)32-20-33(43)39(38(45)37(32)44)56-25-27-7-13-31(55-4)14-8-27/h7-10,13-14,19-20,22-24,26,30H,5-6,11-12,15-18,21,25H2,1-4H3,(H,48,53)/t26-,30-. The van der Waals surface area contributed by atoms with Crippen LogP contribution < -0.4 is 19.7 Å². The molecule has 3 heterocycles. The summed E-state index contributed by atoms with van der Waals surface area (Å²) in [6.45, 7) is 7.97. The van der Waals surface area contributed by atoms with Gasteiger partial charge in [-0.2, -0.15) is 9.49 Å². The molecule has 0 radical (unpaired) electrons. The van der Waals surface area contributed by atoms with E-state index in [0.29, 0.717) is 43.6 Å². The molecule has 1 saturated carbocycles. The number of aromatic nitrogens is 4. The molecule has 0 unspecified atom stereocenters. The van der Waals surface area contributed by atoms with Gasteiger partial charge >= 0.3 is 6.09 Å². The number of carbonyl (C=O) groups excluding carboxylic acids is 2. The van der Waals surface area contributed by atoms with E-state index in [1.165, 1.54) is 7.11 Å². The fourth-order valence-corrected chi connectivity index (χ4v) is 7.16. The van der Waals surface area contributed by atoms with E-state index in [0.717, 1.165) is 53.7 Å². The summed E-state index contributed by atoms with van der Waals surface area (Å²) < 4.78 is 62.5. The number of ether oxygens (including phenoxy) is 3. The van der Waals surface area contributed by atoms with Crippen molar-refractivity contribution in [2.45, 2.75) is 64.7 Å². The zero-order chi connectivity index (χ0) is 40.3. The summed E-state index contributed by atoms with van der Waals surface area (Å²) in [5, 5.41) is 8.55. The lowest BCUT2D eigenvalue weighted by Crippen LogP contribution is -2.50. The van der Waals surface area contributed by atoms with Crippen molar-refractivity contribution < 1.29 is 37.0 Å². The molecule has 300 valence electrons. The fourth-order valence-electron chi connectivity index (χ4n) is 7.16. The first-order valence-corrected chi connectivity index (χ1v) is 19.1. The molecule has 1 aliphatic heterocycles. The molecule has 2 fully saturated rings. The lowest BCUT2D eigenvalue weighted by molar-refractivity contribution is 0.0240. The number of benzene rings is 3. The van der Waals surface area contributed by atoms with Crippen LogP contribution in [0.3, 0.4) is 0 Å². The third-order valence-corrected chi connectivity index (χ3v) is 10.4. The average Bonchev–Trinajstić information content (AvgIpc) is 3.65. The van der Waals surface area contributed by atoms with Gasteiger partial charge in [-0.1, -0.05) is 24.3 Å². The highest BCUT2D eigenvalue weighted by Crippen LogP contribution is 2.34. The Bertz CT molecular complexity index is 2210. The number of hydrogen-bond donors (Lipinski definition) is 1. The van der Waals surface area contributed by atoms with Crippen LogP contribution in [0.25, 0.3) is 22.2 Å². The van der Waals surface area contributed by atoms with E-state index < -0.39 is 40.3 Å². The van der Waals surface area contributed by atoms with Gasteiger partial charge in [0, 0.05) is 49.9 Å². The van der Waals surface area contributed by atoms with Gasteiger partial charge in [0.25, 0.3) is 5.91 Å². The smallest absolute Gasteiger partial charge is 0.410 e. The number of methoxy groups -OCH3 is 1. The summed E-state index contributed by atoms with van der Waals surface area (Å²) in [6.07, 6.45) is 8.45. The minimum Gasteiger partial charge on any atom is -0.497 e. The molecular weight excluding hydrogens is 739 g/mol. The second-order valence-corrected chi connectivity index (χ2v) is 15.5. The van der Waals surface area contributed by atoms with Crippen LogP contribution in [-0.2, 0) is 11.3 Å². The number of piperazine rings is 1. The second kappa shape index (κ2) is 16.7. The van der Waals surface area contributed by atoms with Gasteiger partial charge < -0.3 is 29.3 Å². The molecule has 1 saturated heterocycles. The van der Waals surface area contributed by atoms with Gasteiger partial charge in [-0.25, -0.2) is 18.6 Å². The Morgan fingerprint density at radius 2 is 1.63 bits per heavy atom. The fraction of sp³-hybridized carbons (Fsp3) is 0.405. The SMILES string of the molecule is COc1ccc(COc2c(F)cc(C(=O)NC[C@H]3CC[C@H](n4cc5ccc(-c6cnc(N7CCN(C(=O)OC(C)(C)C)CC7)cn6)cc5n4)CC3)c(F)c2F)cc1. The monoisotopic (exact) mass is 785 g/mol. The maximum atomic E-state index is 15.0. The third kappa shape index (κ3) is 9.24. The topological polar surface area (TPSA) is 124 Å². The van der Waals surface area contributed by atoms with Crippen LogP contribution in [0, 0.1) is 23.4 Å². The van der Waals surface area contributed by atoms with Gasteiger partial charge in [-0.05, 0) is 82.2 Å². The first kappa shape index (κ1) is 39.4. The summed E-state index contributed by atoms with van der Waals surface area (Å²) in [5.74, 6) is -4.49. The molecule has 1 aliphatic carbocycles. The Hall–Kier alpha value is -5.86. The van der Waals surface area contributed by atoms with E-state index in [9.17, 15) is 22.8 Å². The summed E-state index contributed by atoms with van der Waals surface area (Å²) in [6, 6.07) is 13.5. The summed E-state index contributed by atoms with van der Waals surface area (Å²) in [7, 11) is 1.52. The van der Waals surface area contributed by atoms with Gasteiger partial charge in [-0.15, -0.1) is 0 Å². The third-order valence-electron chi connectivity index (χ3n) is 10.4. The van der Waals surface area contributed by atoms with E-state index in [-0.39, 0.29) is 31.2 Å². The van der Waals surface area contributed by atoms with Gasteiger partial charge in [0.1, 0.15) is 23.8 Å². The van der Waals surface area contributed by atoms with Crippen LogP contribution in [0.1, 0.15) is 68.4 Å². The molecule has 15 heteroatoms. The van der Waals surface area contributed by atoms with Crippen molar-refractivity contribution >= 4 is 28.7 Å². The number of amides is 2. The maximum absolute atomic E-state index is 15.0. The number of halogens is 3. The van der Waals surface area contributed by atoms with E-state index in [4.69, 9.17) is 19.3 Å². The highest BCUT2D eigenvalue weighted by Gasteiger charge is 2.28. The van der Waals surface area contributed by atoms with Crippen LogP contribution in [-0.4, -0.2) is 82.1 Å². The van der Waals surface area contributed by atoms with E-state index in [1.807, 2.05) is 49.8 Å². The molecule has 3 aromatic carbocycles. The van der Waals surface area contributed by atoms with Gasteiger partial charge in [0.05, 0.1) is 42.3 Å². The summed E-state index contributed by atoms with van der Waals surface area (Å²) >= 11 is 0. The zero-order valence-corrected chi connectivity index (χ0v) is 32.4. The van der Waals surface area contributed by atoms with Crippen molar-refractivity contribution in [3.05, 3.63) is 95.7 Å². The number of rotatable bonds is 10. The van der Waals surface area contributed by atoms with Gasteiger partial charge in [0.2, 0.25) is 5.82 Å². The number of fused-ring (bicyclic) bond motifs is 1. The van der Waals surface area contributed by atoms with Gasteiger partial charge in [-0.3, -0.25) is 14.5 Å². The molecule has 2 aromatic heterocycles. The minimum absolute atomic E-state index is 0.113. The lowest BCUT2D eigenvalue weighted by atomic mass is 9.86. The number of anilines is 1. The highest BCUT2D eigenvalue weighted by atomic mass is 19.2. The van der Waals surface area contributed by atoms with Crippen LogP contribution >= 0.6 is 0 Å². The van der Waals surface area contributed by atoms with Crippen molar-refractivity contribution in [2.24, 2.45) is 5.92 Å². The first-order valence-electron chi connectivity index (χ1n) is 19.1. The predicted molar refractivity (Wildman–Crippen MR) is 208 cm³/mol. The molecule has 12 nitrogen and oxygen atoms in total. The normalized spacial score (nSPS) is 17.4. The van der Waals surface area contributed by atoms with Crippen molar-refractivity contribution in [1.82, 2.24) is 30.0 Å². The Morgan fingerprint density at radius 3 is 2.30 bits per heavy atom. The second-order valence-electron chi connectivity index (χ2n) is 15.5. The lowest BCUT2D eigenvalue weighted by Gasteiger charge is -2.36. The van der Waals surface area contributed by atoms with Gasteiger partial charge in [0.15, 0.2) is 17.4 Å². The molecule has 5 aromatic rings. The van der Waals surface area contributed by atoms with Crippen molar-refractivity contribution in [1.29, 1.82) is 0 Å². The number of nitrogens with one attached hydrogen (secondary N) is 1. The summed E-state index contributed by atoms with van der Waals surface area (Å²) in [5.41, 5.74) is 1.81. The Morgan fingerprint density at radius 1 is 0.895 bits per heavy atom. The molecule has 2 amide bonds. The Labute approximate surface area is 328 Å². The minimum atomic E-state index is -1.55. The van der Waals surface area contributed by atoms with Crippen molar-refractivity contribution in [2.75, 3.05) is 44.7 Å². The van der Waals surface area contributed by atoms with E-state index >= 15 is 0 Å². The summed E-state index contributed by atoms with van der Waals surface area (Å²) in [4.78, 5) is 38.5. The average molecular weight is 786 g/mol. The predicted octanol–water partition coefficient (Wildman–Crippen LogP) is 7.72. The highest BCUT2D eigenvalue weighted by molar-refractivity contribution is 5.94. The van der Waals surface area contributed by atoms with Crippen LogP contribution in [0.4, 0.5) is 23.8 Å². The molecule has 0 atom stereocenters. The first-order chi connectivity index (χ1) is 27.3. The van der Waals surface area contributed by atoms with E-state index in [2.05, 4.69) is 20.2 Å². The van der Waals surface area contributed by atoms with E-state index in [1.54, 1.807) is 41.6 Å². The molecule has 2 aliphatic rings. The van der Waals surface area contributed by atoms with Crippen molar-refractivity contribution in [3.8, 4) is 22.8 Å². The molecule has 1 N–H and O–H groups in total. The Balaban J connectivity index is 0.894. The quantitative estimate of drug-likeness (QED) is 0.142.